The van der Waals surface area contributed by atoms with E-state index in [1.807, 2.05) is 30.3 Å². The number of ether oxygens (including phenoxy) is 2. The number of pyridine rings is 1. The van der Waals surface area contributed by atoms with Gasteiger partial charge < -0.3 is 9.47 Å². The number of esters is 1. The average molecular weight is 454 g/mol. The van der Waals surface area contributed by atoms with Crippen LogP contribution in [-0.2, 0) is 4.79 Å². The molecule has 0 aliphatic carbocycles. The van der Waals surface area contributed by atoms with Crippen LogP contribution in [-0.4, -0.2) is 17.6 Å². The summed E-state index contributed by atoms with van der Waals surface area (Å²) in [6.45, 7) is 7.24. The highest BCUT2D eigenvalue weighted by atomic mass is 16.5. The van der Waals surface area contributed by atoms with Crippen LogP contribution in [0.3, 0.4) is 0 Å². The summed E-state index contributed by atoms with van der Waals surface area (Å²) < 4.78 is 11.8. The first kappa shape index (κ1) is 26.9. The molecule has 0 aliphatic heterocycles. The summed E-state index contributed by atoms with van der Waals surface area (Å²) in [4.78, 5) is 16.7. The molecular formula is C29H43NO3. The van der Waals surface area contributed by atoms with Crippen molar-refractivity contribution in [1.82, 2.24) is 4.98 Å². The normalized spacial score (nSPS) is 11.8. The summed E-state index contributed by atoms with van der Waals surface area (Å²) in [5.74, 6) is 1.65. The molecule has 0 aliphatic rings. The van der Waals surface area contributed by atoms with E-state index in [4.69, 9.17) is 9.47 Å². The highest BCUT2D eigenvalue weighted by Gasteiger charge is 2.15. The monoisotopic (exact) mass is 453 g/mol. The summed E-state index contributed by atoms with van der Waals surface area (Å²) in [5.41, 5.74) is 1.77. The number of hydrogen-bond donors (Lipinski definition) is 0. The summed E-state index contributed by atoms with van der Waals surface area (Å²) in [6.07, 6.45) is 17.4. The molecule has 0 saturated carbocycles. The van der Waals surface area contributed by atoms with Crippen LogP contribution in [0.4, 0.5) is 0 Å². The van der Waals surface area contributed by atoms with Gasteiger partial charge in [0.2, 0.25) is 0 Å². The summed E-state index contributed by atoms with van der Waals surface area (Å²) in [5, 5.41) is 0. The quantitative estimate of drug-likeness (QED) is 0.137. The fraction of sp³-hybridized carbons (Fsp3) is 0.586. The molecule has 0 fully saturated rings. The van der Waals surface area contributed by atoms with Crippen molar-refractivity contribution < 1.29 is 14.3 Å². The Labute approximate surface area is 201 Å². The third-order valence-corrected chi connectivity index (χ3v) is 6.23. The molecule has 1 aromatic carbocycles. The zero-order valence-corrected chi connectivity index (χ0v) is 21.0. The number of carbonyl (C=O) groups is 1. The Hall–Kier alpha value is -2.36. The molecule has 0 amide bonds. The van der Waals surface area contributed by atoms with E-state index in [2.05, 4.69) is 25.8 Å². The van der Waals surface area contributed by atoms with Gasteiger partial charge in [0.15, 0.2) is 0 Å². The van der Waals surface area contributed by atoms with Gasteiger partial charge in [-0.25, -0.2) is 0 Å². The van der Waals surface area contributed by atoms with Crippen molar-refractivity contribution in [3.8, 4) is 22.6 Å². The lowest BCUT2D eigenvalue weighted by atomic mass is 10.0. The molecule has 0 radical (unpaired) electrons. The second-order valence-corrected chi connectivity index (χ2v) is 9.07. The second kappa shape index (κ2) is 16.3. The minimum absolute atomic E-state index is 0.186. The maximum Gasteiger partial charge on any atom is 0.311 e. The molecule has 33 heavy (non-hydrogen) atoms. The Morgan fingerprint density at radius 3 is 2.27 bits per heavy atom. The third-order valence-electron chi connectivity index (χ3n) is 6.23. The van der Waals surface area contributed by atoms with Gasteiger partial charge in [-0.05, 0) is 30.9 Å². The van der Waals surface area contributed by atoms with E-state index >= 15 is 0 Å². The number of unbranched alkanes of at least 4 members (excludes halogenated alkanes) is 8. The first-order valence-electron chi connectivity index (χ1n) is 13.0. The fourth-order valence-electron chi connectivity index (χ4n) is 3.83. The molecule has 1 atom stereocenters. The second-order valence-electron chi connectivity index (χ2n) is 9.07. The van der Waals surface area contributed by atoms with Gasteiger partial charge in [-0.1, -0.05) is 96.8 Å². The van der Waals surface area contributed by atoms with Crippen molar-refractivity contribution >= 4 is 5.97 Å². The molecule has 4 nitrogen and oxygen atoms in total. The van der Waals surface area contributed by atoms with Crippen molar-refractivity contribution in [2.24, 2.45) is 5.92 Å². The van der Waals surface area contributed by atoms with E-state index in [1.54, 1.807) is 12.4 Å². The number of rotatable bonds is 17. The molecule has 2 rings (SSSR count). The number of benzene rings is 1. The lowest BCUT2D eigenvalue weighted by molar-refractivity contribution is -0.134. The number of para-hydroxylation sites is 1. The van der Waals surface area contributed by atoms with Gasteiger partial charge in [-0.3, -0.25) is 9.78 Å². The van der Waals surface area contributed by atoms with Crippen LogP contribution in [0.5, 0.6) is 11.5 Å². The Morgan fingerprint density at radius 1 is 0.879 bits per heavy atom. The lowest BCUT2D eigenvalue weighted by Gasteiger charge is -2.15. The first-order chi connectivity index (χ1) is 16.2. The van der Waals surface area contributed by atoms with Crippen molar-refractivity contribution in [2.45, 2.75) is 97.8 Å². The lowest BCUT2D eigenvalue weighted by Crippen LogP contribution is -2.10. The number of carbonyl (C=O) groups excluding carboxylic acids is 1. The Balaban J connectivity index is 1.87. The van der Waals surface area contributed by atoms with Gasteiger partial charge in [-0.2, -0.15) is 0 Å². The molecule has 0 bridgehead atoms. The van der Waals surface area contributed by atoms with Crippen LogP contribution in [0, 0.1) is 5.92 Å². The van der Waals surface area contributed by atoms with E-state index in [9.17, 15) is 4.79 Å². The minimum atomic E-state index is -0.186. The van der Waals surface area contributed by atoms with E-state index in [0.29, 0.717) is 24.7 Å². The average Bonchev–Trinajstić information content (AvgIpc) is 2.84. The standard InChI is InChI=1S/C29H43NO3/c1-4-6-7-8-9-10-11-12-15-22-32-28-23-30-21-20-26(28)25-16-13-14-17-27(25)33-29(31)19-18-24(3)5-2/h13-14,16-17,20-21,23-24H,4-12,15,18-19,22H2,1-3H3. The summed E-state index contributed by atoms with van der Waals surface area (Å²) in [6, 6.07) is 9.60. The van der Waals surface area contributed by atoms with Crippen molar-refractivity contribution in [3.63, 3.8) is 0 Å². The Bertz CT molecular complexity index is 805. The fourth-order valence-corrected chi connectivity index (χ4v) is 3.83. The van der Waals surface area contributed by atoms with Gasteiger partial charge >= 0.3 is 5.97 Å². The number of hydrogen-bond acceptors (Lipinski definition) is 4. The van der Waals surface area contributed by atoms with Crippen molar-refractivity contribution in [1.29, 1.82) is 0 Å². The predicted molar refractivity (Wildman–Crippen MR) is 137 cm³/mol. The zero-order valence-electron chi connectivity index (χ0n) is 21.0. The topological polar surface area (TPSA) is 48.4 Å². The predicted octanol–water partition coefficient (Wildman–Crippen LogP) is 8.39. The number of nitrogens with zero attached hydrogens (tertiary/aromatic N) is 1. The SMILES string of the molecule is CCCCCCCCCCCOc1cnccc1-c1ccccc1OC(=O)CCC(C)CC. The summed E-state index contributed by atoms with van der Waals surface area (Å²) in [7, 11) is 0. The van der Waals surface area contributed by atoms with Gasteiger partial charge in [0.25, 0.3) is 0 Å². The van der Waals surface area contributed by atoms with Crippen molar-refractivity contribution in [3.05, 3.63) is 42.7 Å². The molecule has 0 spiro atoms. The van der Waals surface area contributed by atoms with Crippen LogP contribution < -0.4 is 9.47 Å². The van der Waals surface area contributed by atoms with Crippen LogP contribution in [0.15, 0.2) is 42.7 Å². The minimum Gasteiger partial charge on any atom is -0.491 e. The Kier molecular flexibility index (Phi) is 13.3. The molecule has 182 valence electrons. The zero-order chi connectivity index (χ0) is 23.7. The van der Waals surface area contributed by atoms with Gasteiger partial charge in [-0.15, -0.1) is 0 Å². The van der Waals surface area contributed by atoms with Crippen LogP contribution in [0.2, 0.25) is 0 Å². The maximum atomic E-state index is 12.4. The largest absolute Gasteiger partial charge is 0.491 e. The van der Waals surface area contributed by atoms with E-state index in [-0.39, 0.29) is 5.97 Å². The van der Waals surface area contributed by atoms with Gasteiger partial charge in [0.05, 0.1) is 12.8 Å². The molecule has 1 heterocycles. The summed E-state index contributed by atoms with van der Waals surface area (Å²) >= 11 is 0. The van der Waals surface area contributed by atoms with Crippen LogP contribution in [0.1, 0.15) is 97.8 Å². The molecule has 1 aromatic heterocycles. The molecule has 0 N–H and O–H groups in total. The van der Waals surface area contributed by atoms with Crippen LogP contribution >= 0.6 is 0 Å². The highest BCUT2D eigenvalue weighted by molar-refractivity contribution is 5.80. The highest BCUT2D eigenvalue weighted by Crippen LogP contribution is 2.36. The smallest absolute Gasteiger partial charge is 0.311 e. The van der Waals surface area contributed by atoms with Gasteiger partial charge in [0, 0.05) is 23.7 Å². The van der Waals surface area contributed by atoms with Gasteiger partial charge in [0.1, 0.15) is 11.5 Å². The maximum absolute atomic E-state index is 12.4. The first-order valence-corrected chi connectivity index (χ1v) is 13.0. The Morgan fingerprint density at radius 2 is 1.55 bits per heavy atom. The van der Waals surface area contributed by atoms with E-state index in [0.717, 1.165) is 36.1 Å². The number of aromatic nitrogens is 1. The third kappa shape index (κ3) is 10.4. The van der Waals surface area contributed by atoms with Crippen LogP contribution in [0.25, 0.3) is 11.1 Å². The molecule has 4 heteroatoms. The van der Waals surface area contributed by atoms with E-state index < -0.39 is 0 Å². The molecule has 1 unspecified atom stereocenters. The van der Waals surface area contributed by atoms with Crippen molar-refractivity contribution in [2.75, 3.05) is 6.61 Å². The molecular weight excluding hydrogens is 410 g/mol. The molecule has 2 aromatic rings. The molecule has 0 saturated heterocycles. The van der Waals surface area contributed by atoms with E-state index in [1.165, 1.54) is 51.4 Å².